The number of halogens is 1. The molecular formula is C49H59BrN6O7Si. The number of ether oxygens (including phenoxy) is 3. The molecule has 15 heteroatoms. The van der Waals surface area contributed by atoms with Crippen LogP contribution in [0.4, 0.5) is 17.1 Å². The van der Waals surface area contributed by atoms with Gasteiger partial charge in [0, 0.05) is 54.0 Å². The number of carbonyl (C=O) groups is 2. The van der Waals surface area contributed by atoms with Gasteiger partial charge in [0.2, 0.25) is 5.91 Å². The van der Waals surface area contributed by atoms with Crippen LogP contribution in [0.1, 0.15) is 55.5 Å². The van der Waals surface area contributed by atoms with Crippen molar-refractivity contribution in [2.24, 2.45) is 5.92 Å². The van der Waals surface area contributed by atoms with Gasteiger partial charge in [0.05, 0.1) is 57.5 Å². The molecule has 3 aliphatic rings. The van der Waals surface area contributed by atoms with Crippen LogP contribution in [-0.2, 0) is 45.9 Å². The van der Waals surface area contributed by atoms with Crippen molar-refractivity contribution in [1.82, 2.24) is 20.3 Å². The Hall–Kier alpha value is -4.90. The normalized spacial score (nSPS) is 21.8. The molecule has 0 bridgehead atoms. The van der Waals surface area contributed by atoms with Gasteiger partial charge < -0.3 is 34.6 Å². The van der Waals surface area contributed by atoms with E-state index in [1.165, 1.54) is 5.19 Å². The minimum atomic E-state index is -2.40. The molecule has 1 fully saturated rings. The van der Waals surface area contributed by atoms with Gasteiger partial charge in [0.1, 0.15) is 11.5 Å². The predicted octanol–water partition coefficient (Wildman–Crippen LogP) is 6.79. The molecule has 2 amide bonds. The highest BCUT2D eigenvalue weighted by Crippen LogP contribution is 2.60. The molecule has 4 aromatic carbocycles. The van der Waals surface area contributed by atoms with Crippen LogP contribution >= 0.6 is 15.9 Å². The van der Waals surface area contributed by atoms with E-state index in [1.54, 1.807) is 12.0 Å². The molecule has 3 N–H and O–H groups in total. The highest BCUT2D eigenvalue weighted by Gasteiger charge is 2.66. The lowest BCUT2D eigenvalue weighted by atomic mass is 9.82. The van der Waals surface area contributed by atoms with E-state index in [1.807, 2.05) is 95.5 Å². The molecule has 338 valence electrons. The van der Waals surface area contributed by atoms with Crippen molar-refractivity contribution < 1.29 is 34.0 Å². The smallest absolute Gasteiger partial charge is 0.264 e. The summed E-state index contributed by atoms with van der Waals surface area (Å²) >= 11 is 3.75. The molecule has 4 heterocycles. The van der Waals surface area contributed by atoms with Gasteiger partial charge in [-0.3, -0.25) is 19.2 Å². The zero-order valence-corrected chi connectivity index (χ0v) is 39.9. The van der Waals surface area contributed by atoms with E-state index in [2.05, 4.69) is 63.7 Å². The molecule has 1 unspecified atom stereocenters. The Labute approximate surface area is 384 Å². The molecular weight excluding hydrogens is 893 g/mol. The number of aryl methyl sites for hydroxylation is 1. The Bertz CT molecular complexity index is 2470. The summed E-state index contributed by atoms with van der Waals surface area (Å²) in [4.78, 5) is 33.7. The maximum atomic E-state index is 15.6. The number of methoxy groups -OCH3 is 1. The number of aliphatic hydroxyl groups is 2. The molecule has 1 spiro atoms. The van der Waals surface area contributed by atoms with Crippen molar-refractivity contribution in [2.45, 2.75) is 95.4 Å². The Morgan fingerprint density at radius 3 is 2.50 bits per heavy atom. The number of aromatic nitrogens is 3. The van der Waals surface area contributed by atoms with E-state index in [0.29, 0.717) is 51.1 Å². The van der Waals surface area contributed by atoms with Crippen LogP contribution in [-0.4, -0.2) is 90.7 Å². The van der Waals surface area contributed by atoms with E-state index >= 15 is 4.79 Å². The van der Waals surface area contributed by atoms with Crippen LogP contribution in [0.3, 0.4) is 0 Å². The number of amides is 2. The Morgan fingerprint density at radius 1 is 0.969 bits per heavy atom. The Kier molecular flexibility index (Phi) is 13.8. The SMILES string of the molecule is CCOc1ccc2c(c1)CC(NCCCCO)C(=O)N2c1cccc(CN2C(=O)[C@]3(O[C@H](CCn4cc(CCO)nn4)[C@@H]([Si](C)(C)c4ccc(OC)cc4)[C@@H]3C)c3cc(Br)ccc32)c1. The quantitative estimate of drug-likeness (QED) is 0.0633. The topological polar surface area (TPSA) is 152 Å². The fraction of sp³-hybridized carbons (Fsp3) is 0.429. The first-order valence-electron chi connectivity index (χ1n) is 22.4. The number of nitrogens with zero attached hydrogens (tertiary/aromatic N) is 5. The molecule has 0 saturated carbocycles. The predicted molar refractivity (Wildman–Crippen MR) is 253 cm³/mol. The van der Waals surface area contributed by atoms with Crippen LogP contribution in [0.25, 0.3) is 0 Å². The Balaban J connectivity index is 1.14. The van der Waals surface area contributed by atoms with Gasteiger partial charge in [0.15, 0.2) is 5.60 Å². The number of benzene rings is 4. The third-order valence-corrected chi connectivity index (χ3v) is 18.3. The molecule has 0 aliphatic carbocycles. The summed E-state index contributed by atoms with van der Waals surface area (Å²) in [6, 6.07) is 27.7. The number of hydrogen-bond donors (Lipinski definition) is 3. The summed E-state index contributed by atoms with van der Waals surface area (Å²) in [7, 11) is -0.729. The summed E-state index contributed by atoms with van der Waals surface area (Å²) in [5.41, 5.74) is 4.51. The first-order chi connectivity index (χ1) is 30.9. The number of unbranched alkanes of at least 4 members (excludes halogenated alkanes) is 1. The first-order valence-corrected chi connectivity index (χ1v) is 26.3. The summed E-state index contributed by atoms with van der Waals surface area (Å²) in [5, 5.41) is 32.2. The lowest BCUT2D eigenvalue weighted by Gasteiger charge is -2.37. The zero-order chi connectivity index (χ0) is 45.2. The van der Waals surface area contributed by atoms with E-state index in [0.717, 1.165) is 56.2 Å². The van der Waals surface area contributed by atoms with Crippen molar-refractivity contribution in [1.29, 1.82) is 0 Å². The largest absolute Gasteiger partial charge is 0.497 e. The molecule has 64 heavy (non-hydrogen) atoms. The number of rotatable bonds is 18. The van der Waals surface area contributed by atoms with Crippen molar-refractivity contribution in [3.05, 3.63) is 118 Å². The van der Waals surface area contributed by atoms with Crippen LogP contribution < -0.4 is 29.8 Å². The van der Waals surface area contributed by atoms with Crippen molar-refractivity contribution in [3.63, 3.8) is 0 Å². The standard InChI is InChI=1S/C49H59BrN6O7Si/c1-6-62-39-15-19-43-34(27-39)28-42(51-22-7-8-24-57)47(59)56(43)37-11-9-10-33(26-37)30-55-44-18-12-35(50)29-41(44)49(48(55)60)32(2)46(64(4,5)40-16-13-38(61-3)14-17-40)45(63-49)20-23-54-31-36(21-25-58)52-53-54/h9-19,26-27,29,31-32,42,45-46,51,57-58H,6-8,20-25,28,30H2,1-5H3/t32-,42?,45+,46-,49+/m0/s1. The fourth-order valence-electron chi connectivity index (χ4n) is 10.3. The maximum absolute atomic E-state index is 15.6. The second-order valence-corrected chi connectivity index (χ2v) is 23.3. The molecule has 0 radical (unpaired) electrons. The van der Waals surface area contributed by atoms with Gasteiger partial charge in [-0.1, -0.05) is 70.6 Å². The number of nitrogens with one attached hydrogen (secondary N) is 1. The zero-order valence-electron chi connectivity index (χ0n) is 37.3. The summed E-state index contributed by atoms with van der Waals surface area (Å²) in [6.07, 6.45) is 4.55. The second kappa shape index (κ2) is 19.3. The lowest BCUT2D eigenvalue weighted by molar-refractivity contribution is -0.146. The third-order valence-electron chi connectivity index (χ3n) is 13.4. The van der Waals surface area contributed by atoms with E-state index in [-0.39, 0.29) is 49.1 Å². The van der Waals surface area contributed by atoms with Crippen LogP contribution in [0.15, 0.2) is 95.6 Å². The fourth-order valence-corrected chi connectivity index (χ4v) is 14.8. The van der Waals surface area contributed by atoms with Crippen LogP contribution in [0.2, 0.25) is 18.6 Å². The average molecular weight is 952 g/mol. The van der Waals surface area contributed by atoms with Gasteiger partial charge in [-0.2, -0.15) is 0 Å². The highest BCUT2D eigenvalue weighted by molar-refractivity contribution is 9.10. The molecule has 5 aromatic rings. The van der Waals surface area contributed by atoms with Gasteiger partial charge in [-0.15, -0.1) is 5.10 Å². The van der Waals surface area contributed by atoms with E-state index in [4.69, 9.17) is 14.2 Å². The minimum absolute atomic E-state index is 0.00317. The Morgan fingerprint density at radius 2 is 1.75 bits per heavy atom. The van der Waals surface area contributed by atoms with E-state index in [9.17, 15) is 15.0 Å². The first kappa shape index (κ1) is 45.7. The number of fused-ring (bicyclic) bond motifs is 3. The molecule has 13 nitrogen and oxygen atoms in total. The van der Waals surface area contributed by atoms with Crippen molar-refractivity contribution in [2.75, 3.05) is 43.3 Å². The molecule has 5 atom stereocenters. The number of carbonyl (C=O) groups excluding carboxylic acids is 2. The third kappa shape index (κ3) is 8.65. The second-order valence-electron chi connectivity index (χ2n) is 17.7. The van der Waals surface area contributed by atoms with Crippen LogP contribution in [0, 0.1) is 5.92 Å². The summed E-state index contributed by atoms with van der Waals surface area (Å²) in [5.74, 6) is 1.18. The molecule has 1 aromatic heterocycles. The lowest BCUT2D eigenvalue weighted by Crippen LogP contribution is -2.51. The number of hydrogen-bond acceptors (Lipinski definition) is 10. The number of anilines is 3. The molecule has 1 saturated heterocycles. The van der Waals surface area contributed by atoms with Gasteiger partial charge >= 0.3 is 0 Å². The minimum Gasteiger partial charge on any atom is -0.497 e. The van der Waals surface area contributed by atoms with Gasteiger partial charge in [0.25, 0.3) is 5.91 Å². The van der Waals surface area contributed by atoms with Crippen molar-refractivity contribution >= 4 is 58.1 Å². The maximum Gasteiger partial charge on any atom is 0.264 e. The molecule has 8 rings (SSSR count). The monoisotopic (exact) mass is 950 g/mol. The highest BCUT2D eigenvalue weighted by atomic mass is 79.9. The molecule has 3 aliphatic heterocycles. The average Bonchev–Trinajstić information content (AvgIpc) is 3.94. The van der Waals surface area contributed by atoms with Crippen LogP contribution in [0.5, 0.6) is 11.5 Å². The summed E-state index contributed by atoms with van der Waals surface area (Å²) < 4.78 is 21.5. The number of aliphatic hydroxyl groups excluding tert-OH is 2. The van der Waals surface area contributed by atoms with Gasteiger partial charge in [-0.25, -0.2) is 0 Å². The van der Waals surface area contributed by atoms with E-state index < -0.39 is 19.7 Å². The summed E-state index contributed by atoms with van der Waals surface area (Å²) in [6.45, 7) is 10.9. The van der Waals surface area contributed by atoms with Gasteiger partial charge in [-0.05, 0) is 116 Å². The van der Waals surface area contributed by atoms with Crippen molar-refractivity contribution in [3.8, 4) is 11.5 Å².